The van der Waals surface area contributed by atoms with E-state index in [2.05, 4.69) is 15.3 Å². The van der Waals surface area contributed by atoms with Crippen molar-refractivity contribution >= 4 is 44.9 Å². The zero-order valence-corrected chi connectivity index (χ0v) is 14.5. The number of nitrogens with zero attached hydrogens (tertiary/aromatic N) is 2. The first-order valence-electron chi connectivity index (χ1n) is 7.58. The molecular weight excluding hydrogens is 354 g/mol. The van der Waals surface area contributed by atoms with Crippen molar-refractivity contribution in [1.82, 2.24) is 9.97 Å². The topological polar surface area (TPSA) is 54.9 Å². The minimum absolute atomic E-state index is 0.255. The average molecular weight is 366 g/mol. The van der Waals surface area contributed by atoms with Crippen molar-refractivity contribution in [3.63, 3.8) is 0 Å². The molecule has 1 N–H and O–H groups in total. The number of hydrogen-bond acceptors (Lipinski definition) is 4. The Kier molecular flexibility index (Phi) is 4.17. The molecule has 25 heavy (non-hydrogen) atoms. The monoisotopic (exact) mass is 365 g/mol. The second-order valence-electron chi connectivity index (χ2n) is 5.37. The molecule has 122 valence electrons. The molecule has 0 radical (unpaired) electrons. The number of nitrogens with one attached hydrogen (secondary N) is 1. The first-order chi connectivity index (χ1) is 12.2. The van der Waals surface area contributed by atoms with E-state index in [-0.39, 0.29) is 11.1 Å². The summed E-state index contributed by atoms with van der Waals surface area (Å²) >= 11 is 7.44. The van der Waals surface area contributed by atoms with Gasteiger partial charge in [-0.1, -0.05) is 60.1 Å². The van der Waals surface area contributed by atoms with Crippen LogP contribution in [0.15, 0.2) is 66.0 Å². The van der Waals surface area contributed by atoms with Crippen LogP contribution in [-0.2, 0) is 0 Å². The van der Waals surface area contributed by atoms with Gasteiger partial charge >= 0.3 is 0 Å². The van der Waals surface area contributed by atoms with E-state index in [0.717, 1.165) is 16.6 Å². The number of benzene rings is 2. The van der Waals surface area contributed by atoms with Gasteiger partial charge in [0.2, 0.25) is 0 Å². The van der Waals surface area contributed by atoms with Gasteiger partial charge in [0, 0.05) is 16.3 Å². The van der Waals surface area contributed by atoms with Crippen molar-refractivity contribution in [2.45, 2.75) is 0 Å². The van der Waals surface area contributed by atoms with Crippen LogP contribution >= 0.6 is 22.9 Å². The van der Waals surface area contributed by atoms with E-state index >= 15 is 0 Å². The lowest BCUT2D eigenvalue weighted by Crippen LogP contribution is -2.12. The lowest BCUT2D eigenvalue weighted by Gasteiger charge is -2.06. The number of amides is 1. The van der Waals surface area contributed by atoms with E-state index in [4.69, 9.17) is 11.6 Å². The highest BCUT2D eigenvalue weighted by atomic mass is 35.5. The average Bonchev–Trinajstić information content (AvgIpc) is 3.10. The molecule has 1 amide bonds. The summed E-state index contributed by atoms with van der Waals surface area (Å²) in [5, 5.41) is 6.35. The molecule has 0 aliphatic heterocycles. The number of pyridine rings is 1. The molecular formula is C19H12ClN3OS. The molecule has 4 nitrogen and oxygen atoms in total. The predicted molar refractivity (Wildman–Crippen MR) is 102 cm³/mol. The number of fused-ring (bicyclic) bond motifs is 1. The van der Waals surface area contributed by atoms with Crippen molar-refractivity contribution in [2.24, 2.45) is 0 Å². The van der Waals surface area contributed by atoms with Crippen molar-refractivity contribution in [1.29, 1.82) is 0 Å². The zero-order chi connectivity index (χ0) is 17.2. The number of carbonyl (C=O) groups excluding carboxylic acids is 1. The van der Waals surface area contributed by atoms with E-state index in [0.29, 0.717) is 16.2 Å². The fourth-order valence-corrected chi connectivity index (χ4v) is 3.48. The Morgan fingerprint density at radius 2 is 1.76 bits per heavy atom. The van der Waals surface area contributed by atoms with E-state index in [9.17, 15) is 4.79 Å². The Morgan fingerprint density at radius 3 is 2.60 bits per heavy atom. The van der Waals surface area contributed by atoms with Crippen LogP contribution in [0.3, 0.4) is 0 Å². The lowest BCUT2D eigenvalue weighted by molar-refractivity contribution is 0.102. The van der Waals surface area contributed by atoms with Gasteiger partial charge in [-0.05, 0) is 12.1 Å². The highest BCUT2D eigenvalue weighted by Gasteiger charge is 2.14. The van der Waals surface area contributed by atoms with Crippen LogP contribution in [-0.4, -0.2) is 15.9 Å². The van der Waals surface area contributed by atoms with Gasteiger partial charge in [-0.15, -0.1) is 11.3 Å². The summed E-state index contributed by atoms with van der Waals surface area (Å²) in [6, 6.07) is 18.8. The smallest absolute Gasteiger partial charge is 0.258 e. The zero-order valence-electron chi connectivity index (χ0n) is 12.9. The fourth-order valence-electron chi connectivity index (χ4n) is 2.57. The van der Waals surface area contributed by atoms with Crippen LogP contribution in [0.2, 0.25) is 5.15 Å². The molecule has 0 unspecified atom stereocenters. The highest BCUT2D eigenvalue weighted by Crippen LogP contribution is 2.26. The molecule has 0 atom stereocenters. The van der Waals surface area contributed by atoms with Crippen molar-refractivity contribution in [2.75, 3.05) is 5.32 Å². The number of halogens is 1. The summed E-state index contributed by atoms with van der Waals surface area (Å²) < 4.78 is 0. The summed E-state index contributed by atoms with van der Waals surface area (Å²) in [6.45, 7) is 0. The first-order valence-corrected chi connectivity index (χ1v) is 8.84. The summed E-state index contributed by atoms with van der Waals surface area (Å²) in [5.74, 6) is -0.255. The van der Waals surface area contributed by atoms with Crippen LogP contribution in [0.1, 0.15) is 10.4 Å². The molecule has 6 heteroatoms. The molecule has 0 aliphatic rings. The van der Waals surface area contributed by atoms with Gasteiger partial charge in [0.15, 0.2) is 5.13 Å². The van der Waals surface area contributed by atoms with E-state index < -0.39 is 0 Å². The highest BCUT2D eigenvalue weighted by molar-refractivity contribution is 7.14. The quantitative estimate of drug-likeness (QED) is 0.503. The molecule has 0 saturated heterocycles. The number of para-hydroxylation sites is 1. The molecule has 2 aromatic heterocycles. The van der Waals surface area contributed by atoms with Gasteiger partial charge in [0.25, 0.3) is 5.91 Å². The third-order valence-electron chi connectivity index (χ3n) is 3.72. The van der Waals surface area contributed by atoms with Gasteiger partial charge in [0.05, 0.1) is 16.8 Å². The second-order valence-corrected chi connectivity index (χ2v) is 6.61. The molecule has 4 aromatic rings. The number of hydrogen-bond donors (Lipinski definition) is 1. The van der Waals surface area contributed by atoms with Crippen molar-refractivity contribution < 1.29 is 4.79 Å². The molecule has 0 fully saturated rings. The Balaban J connectivity index is 1.64. The summed E-state index contributed by atoms with van der Waals surface area (Å²) in [5.41, 5.74) is 3.01. The SMILES string of the molecule is O=C(Nc1nc(-c2ccccc2)cs1)c1cc(Cl)nc2ccccc12. The lowest BCUT2D eigenvalue weighted by atomic mass is 10.1. The third kappa shape index (κ3) is 3.24. The minimum Gasteiger partial charge on any atom is -0.298 e. The molecule has 0 bridgehead atoms. The number of carbonyl (C=O) groups is 1. The fraction of sp³-hybridized carbons (Fsp3) is 0. The van der Waals surface area contributed by atoms with Crippen molar-refractivity contribution in [3.8, 4) is 11.3 Å². The van der Waals surface area contributed by atoms with Gasteiger partial charge in [-0.25, -0.2) is 9.97 Å². The molecule has 4 rings (SSSR count). The molecule has 0 saturated carbocycles. The van der Waals surface area contributed by atoms with Gasteiger partial charge in [-0.2, -0.15) is 0 Å². The molecule has 2 aromatic carbocycles. The van der Waals surface area contributed by atoms with Crippen molar-refractivity contribution in [3.05, 3.63) is 76.8 Å². The largest absolute Gasteiger partial charge is 0.298 e. The summed E-state index contributed by atoms with van der Waals surface area (Å²) in [7, 11) is 0. The third-order valence-corrected chi connectivity index (χ3v) is 4.68. The number of thiazole rings is 1. The predicted octanol–water partition coefficient (Wildman–Crippen LogP) is 5.26. The maximum Gasteiger partial charge on any atom is 0.258 e. The van der Waals surface area contributed by atoms with Gasteiger partial charge in [0.1, 0.15) is 5.15 Å². The van der Waals surface area contributed by atoms with Crippen LogP contribution < -0.4 is 5.32 Å². The molecule has 2 heterocycles. The Bertz CT molecular complexity index is 1060. The van der Waals surface area contributed by atoms with Gasteiger partial charge in [-0.3, -0.25) is 10.1 Å². The van der Waals surface area contributed by atoms with Crippen LogP contribution in [0, 0.1) is 0 Å². The Labute approximate surface area is 153 Å². The van der Waals surface area contributed by atoms with Gasteiger partial charge < -0.3 is 0 Å². The van der Waals surface area contributed by atoms with E-state index in [1.807, 2.05) is 60.0 Å². The normalized spacial score (nSPS) is 10.8. The summed E-state index contributed by atoms with van der Waals surface area (Å²) in [4.78, 5) is 21.4. The van der Waals surface area contributed by atoms with Crippen LogP contribution in [0.25, 0.3) is 22.2 Å². The number of aromatic nitrogens is 2. The number of anilines is 1. The second kappa shape index (κ2) is 6.63. The molecule has 0 spiro atoms. The standard InChI is InChI=1S/C19H12ClN3OS/c20-17-10-14(13-8-4-5-9-15(13)21-17)18(24)23-19-22-16(11-25-19)12-6-2-1-3-7-12/h1-11H,(H,22,23,24). The Morgan fingerprint density at radius 1 is 1.00 bits per heavy atom. The maximum absolute atomic E-state index is 12.7. The maximum atomic E-state index is 12.7. The molecule has 0 aliphatic carbocycles. The van der Waals surface area contributed by atoms with Crippen LogP contribution in [0.5, 0.6) is 0 Å². The Hall–Kier alpha value is -2.76. The first kappa shape index (κ1) is 15.7. The summed E-state index contributed by atoms with van der Waals surface area (Å²) in [6.07, 6.45) is 0. The van der Waals surface area contributed by atoms with E-state index in [1.54, 1.807) is 6.07 Å². The number of rotatable bonds is 3. The van der Waals surface area contributed by atoms with E-state index in [1.165, 1.54) is 11.3 Å². The minimum atomic E-state index is -0.255. The van der Waals surface area contributed by atoms with Crippen LogP contribution in [0.4, 0.5) is 5.13 Å².